The lowest BCUT2D eigenvalue weighted by atomic mass is 10.2. The van der Waals surface area contributed by atoms with E-state index in [0.29, 0.717) is 31.5 Å². The monoisotopic (exact) mass is 352 g/mol. The number of hydrogen-bond acceptors (Lipinski definition) is 6. The molecule has 1 aromatic carbocycles. The van der Waals surface area contributed by atoms with Crippen molar-refractivity contribution >= 4 is 15.9 Å². The Kier molecular flexibility index (Phi) is 4.64. The molecule has 1 atom stereocenters. The van der Waals surface area contributed by atoms with Gasteiger partial charge < -0.3 is 14.9 Å². The van der Waals surface area contributed by atoms with Crippen LogP contribution in [0, 0.1) is 0 Å². The van der Waals surface area contributed by atoms with Crippen LogP contribution in [0.2, 0.25) is 0 Å². The predicted octanol–water partition coefficient (Wildman–Crippen LogP) is 1.66. The molecular weight excluding hydrogens is 336 g/mol. The molecular formula is C14H17BrN4O2. The molecule has 1 fully saturated rings. The molecule has 1 unspecified atom stereocenters. The van der Waals surface area contributed by atoms with Gasteiger partial charge in [-0.05, 0) is 24.3 Å². The summed E-state index contributed by atoms with van der Waals surface area (Å²) in [4.78, 5) is 2.22. The first kappa shape index (κ1) is 14.6. The third-order valence-corrected chi connectivity index (χ3v) is 3.93. The average molecular weight is 353 g/mol. The highest BCUT2D eigenvalue weighted by Crippen LogP contribution is 2.21. The normalized spacial score (nSPS) is 19.8. The van der Waals surface area contributed by atoms with Gasteiger partial charge in [0, 0.05) is 29.7 Å². The molecule has 21 heavy (non-hydrogen) atoms. The number of morpholine rings is 1. The van der Waals surface area contributed by atoms with Gasteiger partial charge in [0.15, 0.2) is 0 Å². The number of nitrogens with two attached hydrogens (primary N) is 1. The van der Waals surface area contributed by atoms with Crippen LogP contribution in [0.1, 0.15) is 5.89 Å². The van der Waals surface area contributed by atoms with Crippen LogP contribution in [0.4, 0.5) is 0 Å². The Labute approximate surface area is 131 Å². The van der Waals surface area contributed by atoms with Gasteiger partial charge in [-0.25, -0.2) is 0 Å². The minimum Gasteiger partial charge on any atom is -0.419 e. The quantitative estimate of drug-likeness (QED) is 0.901. The van der Waals surface area contributed by atoms with Crippen molar-refractivity contribution in [1.29, 1.82) is 0 Å². The minimum absolute atomic E-state index is 0.0904. The van der Waals surface area contributed by atoms with Crippen LogP contribution in [0.3, 0.4) is 0 Å². The fourth-order valence-electron chi connectivity index (χ4n) is 2.28. The second-order valence-corrected chi connectivity index (χ2v) is 5.89. The van der Waals surface area contributed by atoms with Gasteiger partial charge in [-0.2, -0.15) is 0 Å². The summed E-state index contributed by atoms with van der Waals surface area (Å²) in [6.45, 7) is 3.50. The molecule has 6 nitrogen and oxygen atoms in total. The van der Waals surface area contributed by atoms with Crippen molar-refractivity contribution in [2.45, 2.75) is 12.6 Å². The number of rotatable bonds is 4. The van der Waals surface area contributed by atoms with E-state index in [1.165, 1.54) is 0 Å². The summed E-state index contributed by atoms with van der Waals surface area (Å²) >= 11 is 3.41. The summed E-state index contributed by atoms with van der Waals surface area (Å²) in [5.41, 5.74) is 6.56. The molecule has 3 rings (SSSR count). The molecule has 1 aliphatic heterocycles. The van der Waals surface area contributed by atoms with E-state index in [0.717, 1.165) is 23.1 Å². The van der Waals surface area contributed by atoms with Gasteiger partial charge in [-0.3, -0.25) is 4.90 Å². The van der Waals surface area contributed by atoms with Gasteiger partial charge >= 0.3 is 0 Å². The van der Waals surface area contributed by atoms with Crippen molar-refractivity contribution in [3.05, 3.63) is 34.6 Å². The van der Waals surface area contributed by atoms with Gasteiger partial charge in [-0.15, -0.1) is 10.2 Å². The summed E-state index contributed by atoms with van der Waals surface area (Å²) in [7, 11) is 0. The number of benzene rings is 1. The topological polar surface area (TPSA) is 77.4 Å². The highest BCUT2D eigenvalue weighted by atomic mass is 79.9. The van der Waals surface area contributed by atoms with Crippen LogP contribution >= 0.6 is 15.9 Å². The van der Waals surface area contributed by atoms with Crippen LogP contribution in [0.15, 0.2) is 33.2 Å². The van der Waals surface area contributed by atoms with E-state index in [1.54, 1.807) is 0 Å². The van der Waals surface area contributed by atoms with Crippen molar-refractivity contribution < 1.29 is 9.15 Å². The zero-order valence-electron chi connectivity index (χ0n) is 11.5. The molecule has 1 aromatic heterocycles. The average Bonchev–Trinajstić information content (AvgIpc) is 2.96. The van der Waals surface area contributed by atoms with Crippen molar-refractivity contribution in [3.8, 4) is 11.5 Å². The molecule has 0 bridgehead atoms. The SMILES string of the molecule is NCC1CN(Cc2nnc(-c3ccc(Br)cc3)o2)CCO1. The molecule has 1 aliphatic rings. The highest BCUT2D eigenvalue weighted by molar-refractivity contribution is 9.10. The van der Waals surface area contributed by atoms with Gasteiger partial charge in [0.1, 0.15) is 0 Å². The van der Waals surface area contributed by atoms with E-state index < -0.39 is 0 Å². The predicted molar refractivity (Wildman–Crippen MR) is 81.5 cm³/mol. The largest absolute Gasteiger partial charge is 0.419 e. The van der Waals surface area contributed by atoms with Crippen molar-refractivity contribution in [2.75, 3.05) is 26.2 Å². The van der Waals surface area contributed by atoms with Crippen molar-refractivity contribution in [1.82, 2.24) is 15.1 Å². The summed E-state index contributed by atoms with van der Waals surface area (Å²) in [5.74, 6) is 1.16. The zero-order valence-corrected chi connectivity index (χ0v) is 13.1. The van der Waals surface area contributed by atoms with Gasteiger partial charge in [-0.1, -0.05) is 15.9 Å². The number of hydrogen-bond donors (Lipinski definition) is 1. The standard InChI is InChI=1S/C14H17BrN4O2/c15-11-3-1-10(2-4-11)14-18-17-13(21-14)9-19-5-6-20-12(7-16)8-19/h1-4,12H,5-9,16H2. The summed E-state index contributed by atoms with van der Waals surface area (Å²) in [5, 5.41) is 8.22. The molecule has 112 valence electrons. The van der Waals surface area contributed by atoms with Crippen LogP contribution in [-0.4, -0.2) is 47.4 Å². The molecule has 0 aliphatic carbocycles. The number of aromatic nitrogens is 2. The van der Waals surface area contributed by atoms with Gasteiger partial charge in [0.2, 0.25) is 11.8 Å². The number of nitrogens with zero attached hydrogens (tertiary/aromatic N) is 3. The Morgan fingerprint density at radius 1 is 1.29 bits per heavy atom. The lowest BCUT2D eigenvalue weighted by Gasteiger charge is -2.31. The first-order valence-electron chi connectivity index (χ1n) is 6.87. The lowest BCUT2D eigenvalue weighted by Crippen LogP contribution is -2.45. The van der Waals surface area contributed by atoms with E-state index in [1.807, 2.05) is 24.3 Å². The fraction of sp³-hybridized carbons (Fsp3) is 0.429. The van der Waals surface area contributed by atoms with E-state index in [2.05, 4.69) is 31.0 Å². The van der Waals surface area contributed by atoms with Crippen LogP contribution in [0.25, 0.3) is 11.5 Å². The Bertz CT molecular complexity index is 587. The molecule has 0 amide bonds. The lowest BCUT2D eigenvalue weighted by molar-refractivity contribution is -0.0283. The third kappa shape index (κ3) is 3.68. The smallest absolute Gasteiger partial charge is 0.247 e. The molecule has 0 spiro atoms. The van der Waals surface area contributed by atoms with Gasteiger partial charge in [0.25, 0.3) is 0 Å². The first-order valence-corrected chi connectivity index (χ1v) is 7.66. The maximum atomic E-state index is 5.73. The molecule has 7 heteroatoms. The van der Waals surface area contributed by atoms with E-state index >= 15 is 0 Å². The Hall–Kier alpha value is -1.28. The number of halogens is 1. The highest BCUT2D eigenvalue weighted by Gasteiger charge is 2.21. The third-order valence-electron chi connectivity index (χ3n) is 3.40. The van der Waals surface area contributed by atoms with Crippen LogP contribution in [-0.2, 0) is 11.3 Å². The Morgan fingerprint density at radius 2 is 2.10 bits per heavy atom. The molecule has 2 aromatic rings. The maximum absolute atomic E-state index is 5.73. The van der Waals surface area contributed by atoms with E-state index in [-0.39, 0.29) is 6.10 Å². The summed E-state index contributed by atoms with van der Waals surface area (Å²) < 4.78 is 12.3. The van der Waals surface area contributed by atoms with E-state index in [4.69, 9.17) is 14.9 Å². The minimum atomic E-state index is 0.0904. The summed E-state index contributed by atoms with van der Waals surface area (Å²) in [6, 6.07) is 7.79. The second kappa shape index (κ2) is 6.65. The molecule has 2 heterocycles. The molecule has 0 radical (unpaired) electrons. The summed E-state index contributed by atoms with van der Waals surface area (Å²) in [6.07, 6.45) is 0.0904. The fourth-order valence-corrected chi connectivity index (χ4v) is 2.55. The van der Waals surface area contributed by atoms with Crippen molar-refractivity contribution in [3.63, 3.8) is 0 Å². The van der Waals surface area contributed by atoms with Gasteiger partial charge in [0.05, 0.1) is 19.3 Å². The Balaban J connectivity index is 1.66. The molecule has 2 N–H and O–H groups in total. The zero-order chi connectivity index (χ0) is 14.7. The Morgan fingerprint density at radius 3 is 2.86 bits per heavy atom. The maximum Gasteiger partial charge on any atom is 0.247 e. The second-order valence-electron chi connectivity index (χ2n) is 4.97. The van der Waals surface area contributed by atoms with Crippen molar-refractivity contribution in [2.24, 2.45) is 5.73 Å². The first-order chi connectivity index (χ1) is 10.2. The number of ether oxygens (including phenoxy) is 1. The van der Waals surface area contributed by atoms with Crippen LogP contribution in [0.5, 0.6) is 0 Å². The molecule has 0 saturated carbocycles. The van der Waals surface area contributed by atoms with E-state index in [9.17, 15) is 0 Å². The molecule has 1 saturated heterocycles. The van der Waals surface area contributed by atoms with Crippen LogP contribution < -0.4 is 5.73 Å².